The first kappa shape index (κ1) is 17.0. The van der Waals surface area contributed by atoms with Gasteiger partial charge in [-0.2, -0.15) is 0 Å². The van der Waals surface area contributed by atoms with Gasteiger partial charge in [-0.05, 0) is 31.2 Å². The number of ketones is 1. The van der Waals surface area contributed by atoms with Crippen LogP contribution in [0.3, 0.4) is 0 Å². The molecule has 0 radical (unpaired) electrons. The summed E-state index contributed by atoms with van der Waals surface area (Å²) in [6.07, 6.45) is 0. The molecule has 2 amide bonds. The molecule has 0 heterocycles. The van der Waals surface area contributed by atoms with Crippen LogP contribution in [0.4, 0.5) is 11.4 Å². The fourth-order valence-corrected chi connectivity index (χ4v) is 2.13. The highest BCUT2D eigenvalue weighted by atomic mass is 35.5. The van der Waals surface area contributed by atoms with Crippen LogP contribution in [0.1, 0.15) is 17.3 Å². The third-order valence-corrected chi connectivity index (χ3v) is 3.75. The van der Waals surface area contributed by atoms with E-state index in [4.69, 9.17) is 23.2 Å². The van der Waals surface area contributed by atoms with Gasteiger partial charge in [-0.15, -0.1) is 0 Å². The Balaban J connectivity index is 2.08. The second-order valence-corrected chi connectivity index (χ2v) is 5.43. The molecule has 7 heteroatoms. The maximum atomic E-state index is 11.9. The first-order valence-corrected chi connectivity index (χ1v) is 7.31. The highest BCUT2D eigenvalue weighted by Gasteiger charge is 2.16. The lowest BCUT2D eigenvalue weighted by Crippen LogP contribution is -2.29. The Kier molecular flexibility index (Phi) is 5.36. The minimum atomic E-state index is -0.901. The summed E-state index contributed by atoms with van der Waals surface area (Å²) in [6.45, 7) is 1.41. The van der Waals surface area contributed by atoms with Crippen LogP contribution in [0.25, 0.3) is 0 Å². The molecule has 0 unspecified atom stereocenters. The molecule has 0 aliphatic rings. The molecule has 0 spiro atoms. The normalized spacial score (nSPS) is 10.0. The van der Waals surface area contributed by atoms with E-state index in [0.29, 0.717) is 11.3 Å². The average Bonchev–Trinajstić information content (AvgIpc) is 2.52. The SMILES string of the molecule is CC(=O)c1cccc(NC(=O)C(=O)Nc2cccc(Cl)c2Cl)c1. The monoisotopic (exact) mass is 350 g/mol. The van der Waals surface area contributed by atoms with Crippen molar-refractivity contribution in [1.82, 2.24) is 0 Å². The number of anilines is 2. The van der Waals surface area contributed by atoms with Crippen molar-refractivity contribution in [1.29, 1.82) is 0 Å². The molecule has 0 aromatic heterocycles. The zero-order valence-electron chi connectivity index (χ0n) is 12.0. The lowest BCUT2D eigenvalue weighted by atomic mass is 10.1. The number of benzene rings is 2. The van der Waals surface area contributed by atoms with E-state index >= 15 is 0 Å². The molecule has 2 aromatic rings. The summed E-state index contributed by atoms with van der Waals surface area (Å²) in [5.74, 6) is -1.93. The van der Waals surface area contributed by atoms with Gasteiger partial charge in [-0.1, -0.05) is 41.4 Å². The summed E-state index contributed by atoms with van der Waals surface area (Å²) < 4.78 is 0. The maximum Gasteiger partial charge on any atom is 0.314 e. The highest BCUT2D eigenvalue weighted by Crippen LogP contribution is 2.29. The number of rotatable bonds is 3. The van der Waals surface area contributed by atoms with E-state index in [9.17, 15) is 14.4 Å². The van der Waals surface area contributed by atoms with Gasteiger partial charge in [0.15, 0.2) is 5.78 Å². The van der Waals surface area contributed by atoms with Crippen LogP contribution in [0.5, 0.6) is 0 Å². The first-order valence-electron chi connectivity index (χ1n) is 6.56. The number of amides is 2. The van der Waals surface area contributed by atoms with Crippen LogP contribution < -0.4 is 10.6 Å². The number of carbonyl (C=O) groups is 3. The summed E-state index contributed by atoms with van der Waals surface area (Å²) in [4.78, 5) is 35.1. The second-order valence-electron chi connectivity index (χ2n) is 4.65. The molecule has 118 valence electrons. The molecule has 0 aliphatic carbocycles. The van der Waals surface area contributed by atoms with Crippen LogP contribution in [-0.4, -0.2) is 17.6 Å². The van der Waals surface area contributed by atoms with E-state index in [-0.39, 0.29) is 21.5 Å². The van der Waals surface area contributed by atoms with Gasteiger partial charge < -0.3 is 10.6 Å². The van der Waals surface area contributed by atoms with Gasteiger partial charge in [-0.3, -0.25) is 14.4 Å². The van der Waals surface area contributed by atoms with Crippen LogP contribution in [0, 0.1) is 0 Å². The van der Waals surface area contributed by atoms with Gasteiger partial charge in [0, 0.05) is 11.3 Å². The molecule has 0 atom stereocenters. The highest BCUT2D eigenvalue weighted by molar-refractivity contribution is 6.47. The van der Waals surface area contributed by atoms with E-state index in [2.05, 4.69) is 10.6 Å². The fraction of sp³-hybridized carbons (Fsp3) is 0.0625. The van der Waals surface area contributed by atoms with Crippen molar-refractivity contribution in [3.05, 3.63) is 58.1 Å². The number of halogens is 2. The average molecular weight is 351 g/mol. The molecular weight excluding hydrogens is 339 g/mol. The van der Waals surface area contributed by atoms with Crippen LogP contribution in [-0.2, 0) is 9.59 Å². The van der Waals surface area contributed by atoms with Crippen molar-refractivity contribution in [2.24, 2.45) is 0 Å². The molecule has 0 bridgehead atoms. The van der Waals surface area contributed by atoms with Crippen molar-refractivity contribution in [3.8, 4) is 0 Å². The Morgan fingerprint density at radius 1 is 0.913 bits per heavy atom. The third-order valence-electron chi connectivity index (χ3n) is 2.93. The van der Waals surface area contributed by atoms with Gasteiger partial charge in [0.05, 0.1) is 15.7 Å². The second kappa shape index (κ2) is 7.26. The van der Waals surface area contributed by atoms with E-state index in [1.807, 2.05) is 0 Å². The molecule has 23 heavy (non-hydrogen) atoms. The Hall–Kier alpha value is -2.37. The molecule has 0 saturated heterocycles. The number of Topliss-reactive ketones (excluding diaryl/α,β-unsaturated/α-hetero) is 1. The van der Waals surface area contributed by atoms with Gasteiger partial charge in [-0.25, -0.2) is 0 Å². The van der Waals surface area contributed by atoms with E-state index in [0.717, 1.165) is 0 Å². The molecule has 2 N–H and O–H groups in total. The van der Waals surface area contributed by atoms with Gasteiger partial charge >= 0.3 is 11.8 Å². The number of nitrogens with one attached hydrogen (secondary N) is 2. The standard InChI is InChI=1S/C16H12Cl2N2O3/c1-9(21)10-4-2-5-11(8-10)19-15(22)16(23)20-13-7-3-6-12(17)14(13)18/h2-8H,1H3,(H,19,22)(H,20,23). The molecule has 2 rings (SSSR count). The Labute approximate surface area is 142 Å². The van der Waals surface area contributed by atoms with Crippen molar-refractivity contribution >= 4 is 52.2 Å². The number of hydrogen-bond acceptors (Lipinski definition) is 3. The predicted octanol–water partition coefficient (Wildman–Crippen LogP) is 3.77. The van der Waals surface area contributed by atoms with Gasteiger partial charge in [0.25, 0.3) is 0 Å². The summed E-state index contributed by atoms with van der Waals surface area (Å²) in [7, 11) is 0. The number of carbonyl (C=O) groups excluding carboxylic acids is 3. The third kappa shape index (κ3) is 4.31. The van der Waals surface area contributed by atoms with Gasteiger partial charge in [0.2, 0.25) is 0 Å². The zero-order chi connectivity index (χ0) is 17.0. The minimum Gasteiger partial charge on any atom is -0.318 e. The first-order chi connectivity index (χ1) is 10.9. The van der Waals surface area contributed by atoms with Crippen molar-refractivity contribution < 1.29 is 14.4 Å². The smallest absolute Gasteiger partial charge is 0.314 e. The topological polar surface area (TPSA) is 75.3 Å². The summed E-state index contributed by atoms with van der Waals surface area (Å²) in [6, 6.07) is 11.0. The zero-order valence-corrected chi connectivity index (χ0v) is 13.5. The summed E-state index contributed by atoms with van der Waals surface area (Å²) in [5, 5.41) is 5.20. The lowest BCUT2D eigenvalue weighted by Gasteiger charge is -2.09. The largest absolute Gasteiger partial charge is 0.318 e. The molecular formula is C16H12Cl2N2O3. The predicted molar refractivity (Wildman–Crippen MR) is 90.2 cm³/mol. The lowest BCUT2D eigenvalue weighted by molar-refractivity contribution is -0.132. The van der Waals surface area contributed by atoms with Crippen LogP contribution >= 0.6 is 23.2 Å². The number of hydrogen-bond donors (Lipinski definition) is 2. The summed E-state index contributed by atoms with van der Waals surface area (Å²) >= 11 is 11.8. The fourth-order valence-electron chi connectivity index (χ4n) is 1.78. The maximum absolute atomic E-state index is 11.9. The van der Waals surface area contributed by atoms with Crippen molar-refractivity contribution in [2.45, 2.75) is 6.92 Å². The van der Waals surface area contributed by atoms with E-state index < -0.39 is 11.8 Å². The van der Waals surface area contributed by atoms with Crippen molar-refractivity contribution in [3.63, 3.8) is 0 Å². The van der Waals surface area contributed by atoms with Crippen LogP contribution in [0.15, 0.2) is 42.5 Å². The van der Waals surface area contributed by atoms with E-state index in [1.54, 1.807) is 30.3 Å². The molecule has 2 aromatic carbocycles. The molecule has 0 aliphatic heterocycles. The van der Waals surface area contributed by atoms with E-state index in [1.165, 1.54) is 19.1 Å². The molecule has 0 fully saturated rings. The quantitative estimate of drug-likeness (QED) is 0.653. The Morgan fingerprint density at radius 3 is 2.26 bits per heavy atom. The Bertz CT molecular complexity index is 791. The van der Waals surface area contributed by atoms with Crippen LogP contribution in [0.2, 0.25) is 10.0 Å². The molecule has 0 saturated carbocycles. The van der Waals surface area contributed by atoms with Gasteiger partial charge in [0.1, 0.15) is 0 Å². The molecule has 5 nitrogen and oxygen atoms in total. The summed E-state index contributed by atoms with van der Waals surface area (Å²) in [5.41, 5.74) is 1.01. The minimum absolute atomic E-state index is 0.142. The Morgan fingerprint density at radius 2 is 1.57 bits per heavy atom. The van der Waals surface area contributed by atoms with Crippen molar-refractivity contribution in [2.75, 3.05) is 10.6 Å².